The van der Waals surface area contributed by atoms with Crippen LogP contribution in [0.4, 0.5) is 0 Å². The molecule has 0 bridgehead atoms. The molecule has 0 aromatic carbocycles. The second-order valence-electron chi connectivity index (χ2n) is 3.57. The zero-order valence-corrected chi connectivity index (χ0v) is 11.6. The summed E-state index contributed by atoms with van der Waals surface area (Å²) >= 11 is 1.09. The van der Waals surface area contributed by atoms with Gasteiger partial charge in [-0.3, -0.25) is 9.59 Å². The van der Waals surface area contributed by atoms with Crippen molar-refractivity contribution in [3.8, 4) is 0 Å². The average Bonchev–Trinajstić information content (AvgIpc) is 2.82. The number of sulfonamides is 1. The molecule has 19 heavy (non-hydrogen) atoms. The Kier molecular flexibility index (Phi) is 5.93. The third-order valence-electron chi connectivity index (χ3n) is 2.07. The fourth-order valence-corrected chi connectivity index (χ4v) is 3.25. The second-order valence-corrected chi connectivity index (χ2v) is 6.52. The van der Waals surface area contributed by atoms with E-state index in [1.807, 2.05) is 0 Å². The molecule has 1 amide bonds. The summed E-state index contributed by atoms with van der Waals surface area (Å²) in [5.41, 5.74) is 0. The third-order valence-corrected chi connectivity index (χ3v) is 4.92. The van der Waals surface area contributed by atoms with Crippen molar-refractivity contribution in [2.24, 2.45) is 0 Å². The number of carbonyl (C=O) groups is 2. The summed E-state index contributed by atoms with van der Waals surface area (Å²) in [7, 11) is -3.55. The van der Waals surface area contributed by atoms with E-state index in [0.717, 1.165) is 11.3 Å². The molecule has 0 aliphatic carbocycles. The van der Waals surface area contributed by atoms with E-state index in [1.165, 1.54) is 6.07 Å². The molecule has 0 radical (unpaired) electrons. The zero-order chi connectivity index (χ0) is 14.3. The SMILES string of the molecule is O=C(O)CCNC(=O)CCNS(=O)(=O)c1cccs1. The van der Waals surface area contributed by atoms with Gasteiger partial charge in [-0.15, -0.1) is 11.3 Å². The molecular formula is C10H14N2O5S2. The maximum atomic E-state index is 11.7. The van der Waals surface area contributed by atoms with Crippen LogP contribution >= 0.6 is 11.3 Å². The third kappa shape index (κ3) is 5.81. The first-order chi connectivity index (χ1) is 8.92. The molecule has 9 heteroatoms. The van der Waals surface area contributed by atoms with Crippen LogP contribution in [0.2, 0.25) is 0 Å². The Morgan fingerprint density at radius 1 is 1.26 bits per heavy atom. The molecule has 0 spiro atoms. The zero-order valence-electron chi connectivity index (χ0n) is 9.96. The number of hydrogen-bond acceptors (Lipinski definition) is 5. The molecule has 0 unspecified atom stereocenters. The number of carboxylic acids is 1. The van der Waals surface area contributed by atoms with E-state index in [0.29, 0.717) is 0 Å². The quantitative estimate of drug-likeness (QED) is 0.626. The van der Waals surface area contributed by atoms with Gasteiger partial charge in [0.25, 0.3) is 0 Å². The summed E-state index contributed by atoms with van der Waals surface area (Å²) in [6, 6.07) is 3.10. The lowest BCUT2D eigenvalue weighted by Gasteiger charge is -2.05. The van der Waals surface area contributed by atoms with Gasteiger partial charge in [-0.25, -0.2) is 13.1 Å². The van der Waals surface area contributed by atoms with E-state index in [1.54, 1.807) is 11.4 Å². The van der Waals surface area contributed by atoms with Crippen molar-refractivity contribution in [3.63, 3.8) is 0 Å². The van der Waals surface area contributed by atoms with E-state index >= 15 is 0 Å². The Morgan fingerprint density at radius 2 is 2.00 bits per heavy atom. The van der Waals surface area contributed by atoms with Crippen LogP contribution in [0.15, 0.2) is 21.7 Å². The molecule has 0 saturated heterocycles. The predicted octanol–water partition coefficient (Wildman–Crippen LogP) is 0.00740. The molecule has 1 heterocycles. The normalized spacial score (nSPS) is 11.2. The maximum absolute atomic E-state index is 11.7. The topological polar surface area (TPSA) is 113 Å². The summed E-state index contributed by atoms with van der Waals surface area (Å²) < 4.78 is 25.8. The van der Waals surface area contributed by atoms with Crippen LogP contribution in [0.1, 0.15) is 12.8 Å². The van der Waals surface area contributed by atoms with E-state index in [9.17, 15) is 18.0 Å². The van der Waals surface area contributed by atoms with Gasteiger partial charge in [-0.05, 0) is 11.4 Å². The summed E-state index contributed by atoms with van der Waals surface area (Å²) in [6.45, 7) is 0.00494. The smallest absolute Gasteiger partial charge is 0.305 e. The van der Waals surface area contributed by atoms with Crippen LogP contribution in [-0.4, -0.2) is 38.5 Å². The van der Waals surface area contributed by atoms with E-state index in [-0.39, 0.29) is 30.1 Å². The van der Waals surface area contributed by atoms with Crippen LogP contribution in [-0.2, 0) is 19.6 Å². The van der Waals surface area contributed by atoms with E-state index in [2.05, 4.69) is 10.0 Å². The minimum Gasteiger partial charge on any atom is -0.481 e. The van der Waals surface area contributed by atoms with Gasteiger partial charge < -0.3 is 10.4 Å². The molecule has 0 aliphatic rings. The fourth-order valence-electron chi connectivity index (χ4n) is 1.18. The second kappa shape index (κ2) is 7.22. The lowest BCUT2D eigenvalue weighted by molar-refractivity contribution is -0.136. The van der Waals surface area contributed by atoms with Crippen molar-refractivity contribution in [2.75, 3.05) is 13.1 Å². The van der Waals surface area contributed by atoms with Crippen LogP contribution in [0.3, 0.4) is 0 Å². The molecular weight excluding hydrogens is 292 g/mol. The summed E-state index contributed by atoms with van der Waals surface area (Å²) in [6.07, 6.45) is -0.198. The highest BCUT2D eigenvalue weighted by molar-refractivity contribution is 7.91. The Bertz CT molecular complexity index is 524. The monoisotopic (exact) mass is 306 g/mol. The number of aliphatic carboxylic acids is 1. The van der Waals surface area contributed by atoms with Crippen molar-refractivity contribution in [3.05, 3.63) is 17.5 Å². The lowest BCUT2D eigenvalue weighted by atomic mass is 10.4. The van der Waals surface area contributed by atoms with E-state index < -0.39 is 21.9 Å². The first-order valence-electron chi connectivity index (χ1n) is 5.43. The fraction of sp³-hybridized carbons (Fsp3) is 0.400. The Labute approximate surface area is 114 Å². The van der Waals surface area contributed by atoms with Crippen molar-refractivity contribution in [1.29, 1.82) is 0 Å². The van der Waals surface area contributed by atoms with Gasteiger partial charge in [0.15, 0.2) is 0 Å². The number of hydrogen-bond donors (Lipinski definition) is 3. The summed E-state index contributed by atoms with van der Waals surface area (Å²) in [5, 5.41) is 12.4. The Hall–Kier alpha value is -1.45. The van der Waals surface area contributed by atoms with Crippen LogP contribution < -0.4 is 10.0 Å². The lowest BCUT2D eigenvalue weighted by Crippen LogP contribution is -2.31. The number of carboxylic acid groups (broad SMARTS) is 1. The highest BCUT2D eigenvalue weighted by Gasteiger charge is 2.14. The van der Waals surface area contributed by atoms with Gasteiger partial charge in [-0.1, -0.05) is 6.07 Å². The van der Waals surface area contributed by atoms with Gasteiger partial charge in [0.05, 0.1) is 6.42 Å². The standard InChI is InChI=1S/C10H14N2O5S2/c13-8(11-5-4-9(14)15)3-6-12-19(16,17)10-2-1-7-18-10/h1-2,7,12H,3-6H2,(H,11,13)(H,14,15). The highest BCUT2D eigenvalue weighted by Crippen LogP contribution is 2.14. The first-order valence-corrected chi connectivity index (χ1v) is 7.80. The van der Waals surface area contributed by atoms with Crippen molar-refractivity contribution < 1.29 is 23.1 Å². The van der Waals surface area contributed by atoms with Crippen LogP contribution in [0.25, 0.3) is 0 Å². The van der Waals surface area contributed by atoms with Gasteiger partial charge in [0, 0.05) is 19.5 Å². The molecule has 0 saturated carbocycles. The van der Waals surface area contributed by atoms with E-state index in [4.69, 9.17) is 5.11 Å². The molecule has 0 fully saturated rings. The molecule has 3 N–H and O–H groups in total. The number of nitrogens with one attached hydrogen (secondary N) is 2. The maximum Gasteiger partial charge on any atom is 0.305 e. The van der Waals surface area contributed by atoms with Crippen molar-refractivity contribution >= 4 is 33.2 Å². The van der Waals surface area contributed by atoms with Gasteiger partial charge in [0.1, 0.15) is 4.21 Å². The number of amides is 1. The molecule has 7 nitrogen and oxygen atoms in total. The molecule has 1 rings (SSSR count). The predicted molar refractivity (Wildman–Crippen MR) is 69.4 cm³/mol. The minimum absolute atomic E-state index is 0.0286. The highest BCUT2D eigenvalue weighted by atomic mass is 32.2. The van der Waals surface area contributed by atoms with Crippen LogP contribution in [0, 0.1) is 0 Å². The number of thiophene rings is 1. The molecule has 0 aliphatic heterocycles. The molecule has 1 aromatic heterocycles. The minimum atomic E-state index is -3.55. The average molecular weight is 306 g/mol. The van der Waals surface area contributed by atoms with Crippen LogP contribution in [0.5, 0.6) is 0 Å². The summed E-state index contributed by atoms with van der Waals surface area (Å²) in [5.74, 6) is -1.39. The molecule has 0 atom stereocenters. The Morgan fingerprint density at radius 3 is 2.58 bits per heavy atom. The molecule has 1 aromatic rings. The first kappa shape index (κ1) is 15.6. The van der Waals surface area contributed by atoms with Crippen molar-refractivity contribution in [1.82, 2.24) is 10.0 Å². The van der Waals surface area contributed by atoms with Gasteiger partial charge in [-0.2, -0.15) is 0 Å². The number of rotatable bonds is 8. The number of carbonyl (C=O) groups excluding carboxylic acids is 1. The van der Waals surface area contributed by atoms with Gasteiger partial charge >= 0.3 is 5.97 Å². The molecule has 106 valence electrons. The summed E-state index contributed by atoms with van der Waals surface area (Å²) in [4.78, 5) is 21.5. The van der Waals surface area contributed by atoms with Gasteiger partial charge in [0.2, 0.25) is 15.9 Å². The Balaban J connectivity index is 2.27. The van der Waals surface area contributed by atoms with Crippen molar-refractivity contribution in [2.45, 2.75) is 17.1 Å². The largest absolute Gasteiger partial charge is 0.481 e.